The largest absolute Gasteiger partial charge is 0.328 e. The summed E-state index contributed by atoms with van der Waals surface area (Å²) in [7, 11) is 0. The summed E-state index contributed by atoms with van der Waals surface area (Å²) in [6.45, 7) is 0. The second-order valence-corrected chi connectivity index (χ2v) is 5.23. The Hall–Kier alpha value is -3.02. The van der Waals surface area contributed by atoms with Gasteiger partial charge in [-0.05, 0) is 23.3 Å². The number of benzene rings is 2. The fraction of sp³-hybridized carbons (Fsp3) is 0.118. The second kappa shape index (κ2) is 6.00. The molecule has 0 unspecified atom stereocenters. The Morgan fingerprint density at radius 2 is 1.30 bits per heavy atom. The van der Waals surface area contributed by atoms with E-state index < -0.39 is 35.5 Å². The molecule has 0 bridgehead atoms. The van der Waals surface area contributed by atoms with Crippen LogP contribution in [0.5, 0.6) is 0 Å². The van der Waals surface area contributed by atoms with Gasteiger partial charge in [-0.25, -0.2) is 9.18 Å². The number of halogens is 1. The predicted octanol–water partition coefficient (Wildman–Crippen LogP) is 1.94. The lowest BCUT2D eigenvalue weighted by Gasteiger charge is -2.28. The Morgan fingerprint density at radius 1 is 0.783 bits per heavy atom. The summed E-state index contributed by atoms with van der Waals surface area (Å²) < 4.78 is 13.2. The number of carbonyl (C=O) groups excluding carboxylic acids is 3. The molecule has 1 atom stereocenters. The first-order valence-electron chi connectivity index (χ1n) is 7.02. The van der Waals surface area contributed by atoms with Crippen molar-refractivity contribution >= 4 is 17.8 Å². The van der Waals surface area contributed by atoms with Crippen LogP contribution in [0.3, 0.4) is 0 Å². The van der Waals surface area contributed by atoms with E-state index >= 15 is 0 Å². The van der Waals surface area contributed by atoms with Crippen molar-refractivity contribution in [3.63, 3.8) is 0 Å². The van der Waals surface area contributed by atoms with E-state index in [0.29, 0.717) is 5.56 Å². The number of amides is 4. The van der Waals surface area contributed by atoms with Gasteiger partial charge in [-0.15, -0.1) is 0 Å². The predicted molar refractivity (Wildman–Crippen MR) is 79.9 cm³/mol. The first-order valence-corrected chi connectivity index (χ1v) is 7.02. The van der Waals surface area contributed by atoms with Gasteiger partial charge in [0.2, 0.25) is 11.8 Å². The Labute approximate surface area is 131 Å². The molecule has 0 spiro atoms. The van der Waals surface area contributed by atoms with Crippen molar-refractivity contribution in [3.05, 3.63) is 71.5 Å². The SMILES string of the molecule is O=C1NC(=O)C([C@@H](c2ccccc2)c2ccc(F)cc2)C(=O)N1. The number of urea groups is 1. The average molecular weight is 312 g/mol. The number of rotatable bonds is 3. The van der Waals surface area contributed by atoms with E-state index in [9.17, 15) is 18.8 Å². The number of hydrogen-bond donors (Lipinski definition) is 2. The molecular formula is C17H13FN2O3. The molecule has 1 fully saturated rings. The number of carbonyl (C=O) groups is 3. The zero-order valence-electron chi connectivity index (χ0n) is 12.0. The van der Waals surface area contributed by atoms with Gasteiger partial charge in [-0.2, -0.15) is 0 Å². The maximum absolute atomic E-state index is 13.2. The Morgan fingerprint density at radius 3 is 1.87 bits per heavy atom. The summed E-state index contributed by atoms with van der Waals surface area (Å²) in [5.41, 5.74) is 1.34. The highest BCUT2D eigenvalue weighted by Crippen LogP contribution is 2.33. The van der Waals surface area contributed by atoms with Gasteiger partial charge < -0.3 is 0 Å². The van der Waals surface area contributed by atoms with Crippen LogP contribution in [0, 0.1) is 11.7 Å². The molecule has 23 heavy (non-hydrogen) atoms. The van der Waals surface area contributed by atoms with E-state index in [1.165, 1.54) is 24.3 Å². The standard InChI is InChI=1S/C17H13FN2O3/c18-12-8-6-11(7-9-12)13(10-4-2-1-3-5-10)14-15(21)19-17(23)20-16(14)22/h1-9,13-14H,(H2,19,20,21,22,23)/t13-/m0/s1. The molecule has 0 saturated carbocycles. The third kappa shape index (κ3) is 2.96. The highest BCUT2D eigenvalue weighted by Gasteiger charge is 2.41. The molecule has 0 radical (unpaired) electrons. The van der Waals surface area contributed by atoms with Crippen molar-refractivity contribution in [2.24, 2.45) is 5.92 Å². The lowest BCUT2D eigenvalue weighted by Crippen LogP contribution is -2.57. The van der Waals surface area contributed by atoms with Crippen molar-refractivity contribution in [3.8, 4) is 0 Å². The maximum atomic E-state index is 13.2. The molecule has 0 aromatic heterocycles. The number of barbiturate groups is 1. The first-order chi connectivity index (χ1) is 11.1. The number of nitrogens with one attached hydrogen (secondary N) is 2. The quantitative estimate of drug-likeness (QED) is 0.851. The van der Waals surface area contributed by atoms with Crippen molar-refractivity contribution < 1.29 is 18.8 Å². The molecule has 1 saturated heterocycles. The van der Waals surface area contributed by atoms with E-state index in [1.807, 2.05) is 6.07 Å². The average Bonchev–Trinajstić information content (AvgIpc) is 2.53. The first kappa shape index (κ1) is 14.9. The lowest BCUT2D eigenvalue weighted by molar-refractivity contribution is -0.136. The highest BCUT2D eigenvalue weighted by atomic mass is 19.1. The van der Waals surface area contributed by atoms with Crippen LogP contribution < -0.4 is 10.6 Å². The van der Waals surface area contributed by atoms with Crippen LogP contribution in [-0.4, -0.2) is 17.8 Å². The van der Waals surface area contributed by atoms with Crippen LogP contribution in [0.4, 0.5) is 9.18 Å². The van der Waals surface area contributed by atoms with E-state index in [2.05, 4.69) is 10.6 Å². The molecule has 1 aliphatic heterocycles. The molecule has 2 aromatic carbocycles. The molecule has 1 heterocycles. The molecular weight excluding hydrogens is 299 g/mol. The summed E-state index contributed by atoms with van der Waals surface area (Å²) in [4.78, 5) is 35.7. The normalized spacial score (nSPS) is 16.7. The van der Waals surface area contributed by atoms with E-state index in [4.69, 9.17) is 0 Å². The van der Waals surface area contributed by atoms with Gasteiger partial charge in [0, 0.05) is 5.92 Å². The lowest BCUT2D eigenvalue weighted by atomic mass is 9.79. The summed E-state index contributed by atoms with van der Waals surface area (Å²) in [6.07, 6.45) is 0. The zero-order chi connectivity index (χ0) is 16.4. The van der Waals surface area contributed by atoms with Crippen molar-refractivity contribution in [2.75, 3.05) is 0 Å². The molecule has 4 amide bonds. The van der Waals surface area contributed by atoms with E-state index in [0.717, 1.165) is 5.56 Å². The topological polar surface area (TPSA) is 75.3 Å². The van der Waals surface area contributed by atoms with Gasteiger partial charge in [0.1, 0.15) is 11.7 Å². The molecule has 116 valence electrons. The molecule has 1 aliphatic rings. The minimum absolute atomic E-state index is 0.409. The second-order valence-electron chi connectivity index (χ2n) is 5.23. The molecule has 5 nitrogen and oxygen atoms in total. The fourth-order valence-electron chi connectivity index (χ4n) is 2.74. The Bertz CT molecular complexity index is 739. The summed E-state index contributed by atoms with van der Waals surface area (Å²) in [6, 6.07) is 13.7. The number of hydrogen-bond acceptors (Lipinski definition) is 3. The highest BCUT2D eigenvalue weighted by molar-refractivity contribution is 6.16. The van der Waals surface area contributed by atoms with Crippen LogP contribution in [0.2, 0.25) is 0 Å². The maximum Gasteiger partial charge on any atom is 0.328 e. The molecule has 2 N–H and O–H groups in total. The Kier molecular flexibility index (Phi) is 3.89. The van der Waals surface area contributed by atoms with Gasteiger partial charge in [0.05, 0.1) is 0 Å². The minimum atomic E-state index is -1.11. The van der Waals surface area contributed by atoms with Crippen molar-refractivity contribution in [2.45, 2.75) is 5.92 Å². The molecule has 0 aliphatic carbocycles. The van der Waals surface area contributed by atoms with Gasteiger partial charge in [0.15, 0.2) is 0 Å². The summed E-state index contributed by atoms with van der Waals surface area (Å²) in [5, 5.41) is 4.21. The summed E-state index contributed by atoms with van der Waals surface area (Å²) in [5.74, 6) is -3.48. The fourth-order valence-corrected chi connectivity index (χ4v) is 2.74. The van der Waals surface area contributed by atoms with Crippen LogP contribution in [0.15, 0.2) is 54.6 Å². The van der Waals surface area contributed by atoms with Gasteiger partial charge >= 0.3 is 6.03 Å². The third-order valence-electron chi connectivity index (χ3n) is 3.76. The van der Waals surface area contributed by atoms with E-state index in [1.54, 1.807) is 24.3 Å². The number of imide groups is 2. The van der Waals surface area contributed by atoms with Crippen LogP contribution in [-0.2, 0) is 9.59 Å². The third-order valence-corrected chi connectivity index (χ3v) is 3.76. The van der Waals surface area contributed by atoms with Gasteiger partial charge in [-0.3, -0.25) is 20.2 Å². The van der Waals surface area contributed by atoms with Crippen LogP contribution >= 0.6 is 0 Å². The minimum Gasteiger partial charge on any atom is -0.277 e. The molecule has 2 aromatic rings. The van der Waals surface area contributed by atoms with Crippen LogP contribution in [0.1, 0.15) is 17.0 Å². The van der Waals surface area contributed by atoms with Crippen molar-refractivity contribution in [1.29, 1.82) is 0 Å². The van der Waals surface area contributed by atoms with Crippen molar-refractivity contribution in [1.82, 2.24) is 10.6 Å². The zero-order valence-corrected chi connectivity index (χ0v) is 12.0. The monoisotopic (exact) mass is 312 g/mol. The molecule has 6 heteroatoms. The van der Waals surface area contributed by atoms with Gasteiger partial charge in [0.25, 0.3) is 0 Å². The smallest absolute Gasteiger partial charge is 0.277 e. The van der Waals surface area contributed by atoms with E-state index in [-0.39, 0.29) is 0 Å². The van der Waals surface area contributed by atoms with Crippen LogP contribution in [0.25, 0.3) is 0 Å². The molecule has 3 rings (SSSR count). The van der Waals surface area contributed by atoms with Gasteiger partial charge in [-0.1, -0.05) is 42.5 Å². The summed E-state index contributed by atoms with van der Waals surface area (Å²) >= 11 is 0. The Balaban J connectivity index is 2.08.